The zero-order chi connectivity index (χ0) is 24.6. The fourth-order valence-corrected chi connectivity index (χ4v) is 4.43. The number of ether oxygens (including phenoxy) is 2. The maximum atomic E-state index is 13.8. The van der Waals surface area contributed by atoms with Crippen LogP contribution in [0, 0.1) is 5.41 Å². The molecule has 1 aromatic carbocycles. The molecule has 0 spiro atoms. The first kappa shape index (κ1) is 25.2. The van der Waals surface area contributed by atoms with Crippen molar-refractivity contribution in [2.24, 2.45) is 5.41 Å². The summed E-state index contributed by atoms with van der Waals surface area (Å²) in [6.07, 6.45) is -3.16. The number of hydrogen-bond acceptors (Lipinski definition) is 4. The average molecular weight is 527 g/mol. The van der Waals surface area contributed by atoms with Crippen LogP contribution in [0.4, 0.5) is 13.2 Å². The third-order valence-electron chi connectivity index (χ3n) is 5.66. The molecule has 178 valence electrons. The van der Waals surface area contributed by atoms with Crippen molar-refractivity contribution in [2.75, 3.05) is 14.2 Å². The number of pyridine rings is 1. The van der Waals surface area contributed by atoms with Gasteiger partial charge in [0.25, 0.3) is 0 Å². The minimum Gasteiger partial charge on any atom is -0.469 e. The molecule has 2 heterocycles. The van der Waals surface area contributed by atoms with Crippen molar-refractivity contribution in [1.29, 1.82) is 0 Å². The molecular formula is C24H26BrF3N2O3. The van der Waals surface area contributed by atoms with Gasteiger partial charge >= 0.3 is 12.1 Å². The molecule has 3 aromatic rings. The number of benzene rings is 1. The average Bonchev–Trinajstić information content (AvgIpc) is 3.02. The molecule has 0 radical (unpaired) electrons. The standard InChI is InChI=1S/C24H26BrF3N2O3/c1-14(32-4)20-16(7-6-10-29-20)21-18(12-23(2,3)22(31)33-5)17-11-15(25)8-9-19(17)30(21)13-24(26,27)28/h6-11,14H,12-13H2,1-5H3. The topological polar surface area (TPSA) is 53.4 Å². The quantitative estimate of drug-likeness (QED) is 0.330. The summed E-state index contributed by atoms with van der Waals surface area (Å²) in [6.45, 7) is 4.04. The van der Waals surface area contributed by atoms with E-state index >= 15 is 0 Å². The molecule has 0 aliphatic heterocycles. The lowest BCUT2D eigenvalue weighted by Crippen LogP contribution is -2.28. The van der Waals surface area contributed by atoms with Crippen molar-refractivity contribution in [3.05, 3.63) is 52.3 Å². The monoisotopic (exact) mass is 526 g/mol. The van der Waals surface area contributed by atoms with Gasteiger partial charge in [-0.15, -0.1) is 0 Å². The highest BCUT2D eigenvalue weighted by atomic mass is 79.9. The molecule has 0 amide bonds. The number of hydrogen-bond donors (Lipinski definition) is 0. The fourth-order valence-electron chi connectivity index (χ4n) is 4.07. The molecule has 5 nitrogen and oxygen atoms in total. The second kappa shape index (κ2) is 9.46. The smallest absolute Gasteiger partial charge is 0.406 e. The maximum Gasteiger partial charge on any atom is 0.406 e. The van der Waals surface area contributed by atoms with Crippen molar-refractivity contribution in [2.45, 2.75) is 46.0 Å². The van der Waals surface area contributed by atoms with Crippen LogP contribution in [0.15, 0.2) is 41.0 Å². The van der Waals surface area contributed by atoms with Gasteiger partial charge in [0.2, 0.25) is 0 Å². The number of fused-ring (bicyclic) bond motifs is 1. The minimum atomic E-state index is -4.46. The van der Waals surface area contributed by atoms with Gasteiger partial charge in [-0.2, -0.15) is 13.2 Å². The Morgan fingerprint density at radius 1 is 1.21 bits per heavy atom. The number of carbonyl (C=O) groups excluding carboxylic acids is 1. The first-order chi connectivity index (χ1) is 15.4. The zero-order valence-electron chi connectivity index (χ0n) is 19.1. The first-order valence-electron chi connectivity index (χ1n) is 10.3. The number of alkyl halides is 3. The highest BCUT2D eigenvalue weighted by Gasteiger charge is 2.36. The molecule has 1 atom stereocenters. The van der Waals surface area contributed by atoms with Gasteiger partial charge in [-0.1, -0.05) is 15.9 Å². The predicted octanol–water partition coefficient (Wildman–Crippen LogP) is 6.48. The Hall–Kier alpha value is -2.39. The van der Waals surface area contributed by atoms with E-state index < -0.39 is 30.2 Å². The number of carbonyl (C=O) groups is 1. The van der Waals surface area contributed by atoms with E-state index in [9.17, 15) is 18.0 Å². The molecule has 0 bridgehead atoms. The van der Waals surface area contributed by atoms with Gasteiger partial charge in [0, 0.05) is 34.2 Å². The SMILES string of the molecule is COC(=O)C(C)(C)Cc1c(-c2cccnc2C(C)OC)n(CC(F)(F)F)c2ccc(Br)cc12. The van der Waals surface area contributed by atoms with E-state index in [0.29, 0.717) is 33.4 Å². The molecule has 0 aliphatic rings. The molecule has 1 unspecified atom stereocenters. The number of rotatable bonds is 7. The van der Waals surface area contributed by atoms with Crippen LogP contribution in [0.3, 0.4) is 0 Å². The Morgan fingerprint density at radius 2 is 1.91 bits per heavy atom. The summed E-state index contributed by atoms with van der Waals surface area (Å²) < 4.78 is 53.7. The van der Waals surface area contributed by atoms with Crippen LogP contribution in [-0.4, -0.2) is 35.9 Å². The van der Waals surface area contributed by atoms with Crippen LogP contribution >= 0.6 is 15.9 Å². The summed E-state index contributed by atoms with van der Waals surface area (Å²) in [5, 5.41) is 0.625. The van der Waals surface area contributed by atoms with Crippen molar-refractivity contribution >= 4 is 32.8 Å². The maximum absolute atomic E-state index is 13.8. The summed E-state index contributed by atoms with van der Waals surface area (Å²) in [5.74, 6) is -0.447. The fraction of sp³-hybridized carbons (Fsp3) is 0.417. The van der Waals surface area contributed by atoms with Crippen molar-refractivity contribution in [3.63, 3.8) is 0 Å². The molecule has 0 N–H and O–H groups in total. The summed E-state index contributed by atoms with van der Waals surface area (Å²) >= 11 is 3.43. The molecule has 0 saturated carbocycles. The van der Waals surface area contributed by atoms with Gasteiger partial charge in [0.15, 0.2) is 0 Å². The van der Waals surface area contributed by atoms with Crippen LogP contribution in [0.25, 0.3) is 22.2 Å². The van der Waals surface area contributed by atoms with E-state index in [2.05, 4.69) is 20.9 Å². The van der Waals surface area contributed by atoms with Gasteiger partial charge in [0.05, 0.1) is 30.0 Å². The third kappa shape index (κ3) is 5.24. The molecular weight excluding hydrogens is 501 g/mol. The lowest BCUT2D eigenvalue weighted by atomic mass is 9.83. The lowest BCUT2D eigenvalue weighted by molar-refractivity contribution is -0.150. The summed E-state index contributed by atoms with van der Waals surface area (Å²) in [4.78, 5) is 16.9. The van der Waals surface area contributed by atoms with E-state index in [1.165, 1.54) is 18.8 Å². The summed E-state index contributed by atoms with van der Waals surface area (Å²) in [5.41, 5.74) is 1.47. The van der Waals surface area contributed by atoms with Crippen molar-refractivity contribution in [3.8, 4) is 11.3 Å². The number of methoxy groups -OCH3 is 2. The Labute approximate surface area is 199 Å². The van der Waals surface area contributed by atoms with Gasteiger partial charge in [0.1, 0.15) is 6.54 Å². The minimum absolute atomic E-state index is 0.169. The van der Waals surface area contributed by atoms with Crippen LogP contribution in [0.2, 0.25) is 0 Å². The first-order valence-corrected chi connectivity index (χ1v) is 11.1. The van der Waals surface area contributed by atoms with E-state index in [0.717, 1.165) is 4.47 Å². The Bertz CT molecular complexity index is 1170. The highest BCUT2D eigenvalue weighted by molar-refractivity contribution is 9.10. The van der Waals surface area contributed by atoms with Gasteiger partial charge < -0.3 is 14.0 Å². The molecule has 0 fully saturated rings. The number of aromatic nitrogens is 2. The van der Waals surface area contributed by atoms with E-state index in [1.54, 1.807) is 57.3 Å². The summed E-state index contributed by atoms with van der Waals surface area (Å²) in [6, 6.07) is 8.56. The van der Waals surface area contributed by atoms with E-state index in [4.69, 9.17) is 9.47 Å². The molecule has 0 aliphatic carbocycles. The molecule has 9 heteroatoms. The molecule has 3 rings (SSSR count). The van der Waals surface area contributed by atoms with E-state index in [-0.39, 0.29) is 6.42 Å². The van der Waals surface area contributed by atoms with Crippen LogP contribution in [0.1, 0.15) is 38.1 Å². The molecule has 0 saturated heterocycles. The Morgan fingerprint density at radius 3 is 2.52 bits per heavy atom. The third-order valence-corrected chi connectivity index (χ3v) is 6.15. The second-order valence-corrected chi connectivity index (χ2v) is 9.47. The Kier molecular flexibility index (Phi) is 7.24. The van der Waals surface area contributed by atoms with Crippen LogP contribution in [0.5, 0.6) is 0 Å². The Balaban J connectivity index is 2.44. The zero-order valence-corrected chi connectivity index (χ0v) is 20.7. The highest BCUT2D eigenvalue weighted by Crippen LogP contribution is 2.42. The molecule has 2 aromatic heterocycles. The normalized spacial score (nSPS) is 13.4. The van der Waals surface area contributed by atoms with Gasteiger partial charge in [-0.05, 0) is 63.1 Å². The van der Waals surface area contributed by atoms with Gasteiger partial charge in [-0.25, -0.2) is 0 Å². The lowest BCUT2D eigenvalue weighted by Gasteiger charge is -2.23. The van der Waals surface area contributed by atoms with Crippen molar-refractivity contribution in [1.82, 2.24) is 9.55 Å². The second-order valence-electron chi connectivity index (χ2n) is 8.56. The van der Waals surface area contributed by atoms with E-state index in [1.807, 2.05) is 0 Å². The molecule has 33 heavy (non-hydrogen) atoms. The number of nitrogens with zero attached hydrogens (tertiary/aromatic N) is 2. The van der Waals surface area contributed by atoms with Crippen LogP contribution < -0.4 is 0 Å². The van der Waals surface area contributed by atoms with Crippen molar-refractivity contribution < 1.29 is 27.4 Å². The largest absolute Gasteiger partial charge is 0.469 e. The summed E-state index contributed by atoms with van der Waals surface area (Å²) in [7, 11) is 2.82. The van der Waals surface area contributed by atoms with Gasteiger partial charge in [-0.3, -0.25) is 9.78 Å². The number of halogens is 4. The number of esters is 1. The van der Waals surface area contributed by atoms with Crippen LogP contribution in [-0.2, 0) is 27.2 Å². The predicted molar refractivity (Wildman–Crippen MR) is 124 cm³/mol.